The molecule has 0 heterocycles. The Balaban J connectivity index is 2.27. The summed E-state index contributed by atoms with van der Waals surface area (Å²) in [6.07, 6.45) is 0. The van der Waals surface area contributed by atoms with Gasteiger partial charge in [-0.05, 0) is 42.5 Å². The lowest BCUT2D eigenvalue weighted by atomic mass is 10.1. The molecule has 0 atom stereocenters. The summed E-state index contributed by atoms with van der Waals surface area (Å²) in [4.78, 5) is 11.6. The Hall–Kier alpha value is -3.00. The molecule has 2 aromatic carbocycles. The van der Waals surface area contributed by atoms with E-state index < -0.39 is 0 Å². The van der Waals surface area contributed by atoms with Gasteiger partial charge in [-0.3, -0.25) is 4.79 Å². The number of nitrogen functional groups attached to an aromatic ring is 1. The summed E-state index contributed by atoms with van der Waals surface area (Å²) in [6, 6.07) is 14.1. The van der Waals surface area contributed by atoms with E-state index in [9.17, 15) is 4.79 Å². The topological polar surface area (TPSA) is 90.9 Å². The summed E-state index contributed by atoms with van der Waals surface area (Å²) in [7, 11) is 1.58. The summed E-state index contributed by atoms with van der Waals surface area (Å²) in [5.74, 6) is -0.173. The number of nitrogens with one attached hydrogen (secondary N) is 2. The molecule has 1 amide bonds. The molecule has 0 spiro atoms. The molecule has 4 N–H and O–H groups in total. The molecular formula is C15H14N4O. The van der Waals surface area contributed by atoms with Crippen LogP contribution >= 0.6 is 0 Å². The highest BCUT2D eigenvalue weighted by Gasteiger charge is 2.07. The Morgan fingerprint density at radius 2 is 1.90 bits per heavy atom. The molecule has 0 aliphatic heterocycles. The van der Waals surface area contributed by atoms with Crippen LogP contribution in [-0.4, -0.2) is 13.0 Å². The maximum absolute atomic E-state index is 11.6. The Bertz CT molecular complexity index is 671. The molecule has 0 unspecified atom stereocenters. The molecular weight excluding hydrogens is 252 g/mol. The van der Waals surface area contributed by atoms with E-state index in [1.807, 2.05) is 0 Å². The van der Waals surface area contributed by atoms with Crippen LogP contribution in [0.25, 0.3) is 0 Å². The molecule has 0 aliphatic carbocycles. The maximum Gasteiger partial charge on any atom is 0.251 e. The molecule has 5 heteroatoms. The van der Waals surface area contributed by atoms with Gasteiger partial charge in [0.15, 0.2) is 0 Å². The Labute approximate surface area is 117 Å². The second-order valence-electron chi connectivity index (χ2n) is 4.20. The molecule has 0 saturated carbocycles. The van der Waals surface area contributed by atoms with E-state index in [-0.39, 0.29) is 5.91 Å². The van der Waals surface area contributed by atoms with Crippen molar-refractivity contribution in [3.05, 3.63) is 53.6 Å². The third kappa shape index (κ3) is 2.87. The minimum atomic E-state index is -0.173. The monoisotopic (exact) mass is 266 g/mol. The van der Waals surface area contributed by atoms with Gasteiger partial charge in [0.1, 0.15) is 0 Å². The zero-order chi connectivity index (χ0) is 14.5. The van der Waals surface area contributed by atoms with Crippen molar-refractivity contribution in [2.75, 3.05) is 18.1 Å². The van der Waals surface area contributed by atoms with Crippen LogP contribution in [0.3, 0.4) is 0 Å². The normalized spacial score (nSPS) is 9.60. The highest BCUT2D eigenvalue weighted by molar-refractivity contribution is 5.96. The minimum absolute atomic E-state index is 0.173. The van der Waals surface area contributed by atoms with Crippen molar-refractivity contribution >= 4 is 23.0 Å². The number of hydrogen-bond donors (Lipinski definition) is 3. The number of nitrogens with zero attached hydrogens (tertiary/aromatic N) is 1. The first-order valence-electron chi connectivity index (χ1n) is 6.03. The van der Waals surface area contributed by atoms with E-state index in [1.165, 1.54) is 0 Å². The van der Waals surface area contributed by atoms with Gasteiger partial charge in [-0.25, -0.2) is 0 Å². The summed E-state index contributed by atoms with van der Waals surface area (Å²) >= 11 is 0. The average molecular weight is 266 g/mol. The van der Waals surface area contributed by atoms with Crippen molar-refractivity contribution in [2.24, 2.45) is 0 Å². The summed E-state index contributed by atoms with van der Waals surface area (Å²) in [5.41, 5.74) is 8.99. The fourth-order valence-corrected chi connectivity index (χ4v) is 1.73. The van der Waals surface area contributed by atoms with E-state index >= 15 is 0 Å². The van der Waals surface area contributed by atoms with Crippen molar-refractivity contribution in [1.82, 2.24) is 5.32 Å². The lowest BCUT2D eigenvalue weighted by molar-refractivity contribution is 0.0963. The maximum atomic E-state index is 11.6. The number of carbonyl (C=O) groups is 1. The van der Waals surface area contributed by atoms with Crippen molar-refractivity contribution in [3.8, 4) is 6.07 Å². The molecule has 0 aromatic heterocycles. The van der Waals surface area contributed by atoms with Gasteiger partial charge in [-0.1, -0.05) is 0 Å². The zero-order valence-corrected chi connectivity index (χ0v) is 11.0. The van der Waals surface area contributed by atoms with Gasteiger partial charge in [0.2, 0.25) is 0 Å². The number of amides is 1. The molecule has 0 saturated heterocycles. The summed E-state index contributed by atoms with van der Waals surface area (Å²) in [6.45, 7) is 0. The van der Waals surface area contributed by atoms with E-state index in [0.29, 0.717) is 22.5 Å². The molecule has 5 nitrogen and oxygen atoms in total. The predicted molar refractivity (Wildman–Crippen MR) is 78.7 cm³/mol. The first-order chi connectivity index (χ1) is 9.63. The third-order valence-electron chi connectivity index (χ3n) is 2.84. The van der Waals surface area contributed by atoms with Gasteiger partial charge in [0.25, 0.3) is 5.91 Å². The second kappa shape index (κ2) is 5.76. The Kier molecular flexibility index (Phi) is 3.87. The molecule has 0 bridgehead atoms. The van der Waals surface area contributed by atoms with Gasteiger partial charge >= 0.3 is 0 Å². The second-order valence-corrected chi connectivity index (χ2v) is 4.20. The average Bonchev–Trinajstić information content (AvgIpc) is 2.49. The van der Waals surface area contributed by atoms with Crippen molar-refractivity contribution in [3.63, 3.8) is 0 Å². The summed E-state index contributed by atoms with van der Waals surface area (Å²) < 4.78 is 0. The largest absolute Gasteiger partial charge is 0.397 e. The predicted octanol–water partition coefficient (Wildman–Crippen LogP) is 2.24. The highest BCUT2D eigenvalue weighted by Crippen LogP contribution is 2.24. The number of hydrogen-bond acceptors (Lipinski definition) is 4. The van der Waals surface area contributed by atoms with Crippen LogP contribution in [0, 0.1) is 11.3 Å². The van der Waals surface area contributed by atoms with Crippen LogP contribution in [0.4, 0.5) is 17.1 Å². The fourth-order valence-electron chi connectivity index (χ4n) is 1.73. The van der Waals surface area contributed by atoms with Crippen LogP contribution in [0.5, 0.6) is 0 Å². The molecule has 20 heavy (non-hydrogen) atoms. The quantitative estimate of drug-likeness (QED) is 0.743. The van der Waals surface area contributed by atoms with Crippen molar-refractivity contribution in [1.29, 1.82) is 5.26 Å². The van der Waals surface area contributed by atoms with Crippen LogP contribution in [0.2, 0.25) is 0 Å². The number of anilines is 3. The SMILES string of the molecule is CNC(=O)c1ccc(N)c(Nc2ccc(C#N)cc2)c1. The number of benzene rings is 2. The number of nitrogens with two attached hydrogens (primary N) is 1. The lowest BCUT2D eigenvalue weighted by Crippen LogP contribution is -2.17. The third-order valence-corrected chi connectivity index (χ3v) is 2.84. The van der Waals surface area contributed by atoms with E-state index in [2.05, 4.69) is 16.7 Å². The Morgan fingerprint density at radius 1 is 1.20 bits per heavy atom. The van der Waals surface area contributed by atoms with Crippen molar-refractivity contribution < 1.29 is 4.79 Å². The standard InChI is InChI=1S/C15H14N4O/c1-18-15(20)11-4-7-13(17)14(8-11)19-12-5-2-10(9-16)3-6-12/h2-8,19H,17H2,1H3,(H,18,20). The smallest absolute Gasteiger partial charge is 0.251 e. The highest BCUT2D eigenvalue weighted by atomic mass is 16.1. The number of nitriles is 1. The van der Waals surface area contributed by atoms with Crippen LogP contribution < -0.4 is 16.4 Å². The van der Waals surface area contributed by atoms with Crippen LogP contribution in [0.15, 0.2) is 42.5 Å². The van der Waals surface area contributed by atoms with Gasteiger partial charge in [-0.2, -0.15) is 5.26 Å². The fraction of sp³-hybridized carbons (Fsp3) is 0.0667. The molecule has 2 rings (SSSR count). The molecule has 0 aliphatic rings. The first kappa shape index (κ1) is 13.4. The van der Waals surface area contributed by atoms with Gasteiger partial charge in [0, 0.05) is 18.3 Å². The van der Waals surface area contributed by atoms with E-state index in [4.69, 9.17) is 11.0 Å². The summed E-state index contributed by atoms with van der Waals surface area (Å²) in [5, 5.41) is 14.4. The first-order valence-corrected chi connectivity index (χ1v) is 6.03. The van der Waals surface area contributed by atoms with Crippen molar-refractivity contribution in [2.45, 2.75) is 0 Å². The van der Waals surface area contributed by atoms with Gasteiger partial charge in [-0.15, -0.1) is 0 Å². The lowest BCUT2D eigenvalue weighted by Gasteiger charge is -2.11. The van der Waals surface area contributed by atoms with E-state index in [0.717, 1.165) is 5.69 Å². The molecule has 100 valence electrons. The van der Waals surface area contributed by atoms with Crippen LogP contribution in [0.1, 0.15) is 15.9 Å². The molecule has 2 aromatic rings. The van der Waals surface area contributed by atoms with E-state index in [1.54, 1.807) is 49.5 Å². The van der Waals surface area contributed by atoms with Crippen LogP contribution in [-0.2, 0) is 0 Å². The molecule has 0 radical (unpaired) electrons. The Morgan fingerprint density at radius 3 is 2.50 bits per heavy atom. The molecule has 0 fully saturated rings. The number of carbonyl (C=O) groups excluding carboxylic acids is 1. The van der Waals surface area contributed by atoms with Gasteiger partial charge in [0.05, 0.1) is 23.0 Å². The van der Waals surface area contributed by atoms with Gasteiger partial charge < -0.3 is 16.4 Å². The minimum Gasteiger partial charge on any atom is -0.397 e. The zero-order valence-electron chi connectivity index (χ0n) is 11.0. The number of rotatable bonds is 3.